The van der Waals surface area contributed by atoms with Gasteiger partial charge in [0.05, 0.1) is 11.0 Å². The molecule has 4 aromatic rings. The summed E-state index contributed by atoms with van der Waals surface area (Å²) < 4.78 is 0. The molecule has 0 saturated carbocycles. The van der Waals surface area contributed by atoms with Crippen molar-refractivity contribution in [3.63, 3.8) is 0 Å². The fraction of sp³-hybridized carbons (Fsp3) is 0.136. The van der Waals surface area contributed by atoms with Crippen LogP contribution < -0.4 is 5.32 Å². The molecule has 28 heavy (non-hydrogen) atoms. The van der Waals surface area contributed by atoms with Gasteiger partial charge in [-0.15, -0.1) is 0 Å². The smallest absolute Gasteiger partial charge is 0.269 e. The van der Waals surface area contributed by atoms with Crippen LogP contribution in [-0.4, -0.2) is 14.9 Å². The number of hydrogen-bond donors (Lipinski definition) is 2. The largest absolute Gasteiger partial charge is 0.359 e. The maximum atomic E-state index is 11.3. The lowest BCUT2D eigenvalue weighted by molar-refractivity contribution is -0.384. The summed E-state index contributed by atoms with van der Waals surface area (Å²) in [5, 5.41) is 15.9. The molecular weight excluding hydrogens is 352 g/mol. The molecule has 6 heteroatoms. The van der Waals surface area contributed by atoms with Crippen molar-refractivity contribution in [1.82, 2.24) is 9.97 Å². The monoisotopic (exact) mass is 372 g/mol. The molecule has 2 N–H and O–H groups in total. The molecule has 0 saturated heterocycles. The average Bonchev–Trinajstić information content (AvgIpc) is 3.02. The third-order valence-electron chi connectivity index (χ3n) is 4.85. The molecule has 6 nitrogen and oxygen atoms in total. The summed E-state index contributed by atoms with van der Waals surface area (Å²) in [6.07, 6.45) is 1.75. The molecule has 0 radical (unpaired) electrons. The second kappa shape index (κ2) is 7.15. The minimum atomic E-state index is -0.368. The van der Waals surface area contributed by atoms with E-state index in [0.717, 1.165) is 39.1 Å². The lowest BCUT2D eigenvalue weighted by Crippen LogP contribution is -2.14. The molecule has 0 unspecified atom stereocenters. The third-order valence-corrected chi connectivity index (χ3v) is 4.85. The summed E-state index contributed by atoms with van der Waals surface area (Å²) in [7, 11) is 0. The van der Waals surface area contributed by atoms with Gasteiger partial charge in [0.1, 0.15) is 5.82 Å². The Morgan fingerprint density at radius 1 is 1.07 bits per heavy atom. The zero-order valence-electron chi connectivity index (χ0n) is 15.6. The molecule has 0 spiro atoms. The van der Waals surface area contributed by atoms with Crippen LogP contribution in [0.2, 0.25) is 0 Å². The van der Waals surface area contributed by atoms with E-state index < -0.39 is 0 Å². The average molecular weight is 372 g/mol. The second-order valence-electron chi connectivity index (χ2n) is 6.86. The molecule has 2 aromatic heterocycles. The lowest BCUT2D eigenvalue weighted by Gasteiger charge is -2.21. The number of aromatic nitrogens is 2. The number of H-pyrrole nitrogens is 1. The number of rotatable bonds is 5. The molecule has 0 bridgehead atoms. The first-order chi connectivity index (χ1) is 13.5. The summed E-state index contributed by atoms with van der Waals surface area (Å²) in [5.41, 5.74) is 5.07. The number of aryl methyl sites for hydroxylation is 2. The quantitative estimate of drug-likeness (QED) is 0.368. The van der Waals surface area contributed by atoms with Crippen molar-refractivity contribution in [2.45, 2.75) is 19.9 Å². The van der Waals surface area contributed by atoms with Crippen LogP contribution in [0.15, 0.2) is 66.9 Å². The standard InChI is InChI=1S/C22H20N4O2/c1-14-10-11-23-20(12-14)25-22(16-6-5-7-17(13-16)26(27)28)21-15(2)24-19-9-4-3-8-18(19)21/h3-13,22,24H,1-2H3,(H,23,25)/t22-/m1/s1. The summed E-state index contributed by atoms with van der Waals surface area (Å²) in [5.74, 6) is 0.723. The Balaban J connectivity index is 1.89. The number of pyridine rings is 1. The van der Waals surface area contributed by atoms with Gasteiger partial charge < -0.3 is 10.3 Å². The van der Waals surface area contributed by atoms with E-state index in [-0.39, 0.29) is 16.7 Å². The topological polar surface area (TPSA) is 83.8 Å². The minimum Gasteiger partial charge on any atom is -0.359 e. The van der Waals surface area contributed by atoms with Crippen molar-refractivity contribution in [3.05, 3.63) is 99.4 Å². The number of aromatic amines is 1. The van der Waals surface area contributed by atoms with Gasteiger partial charge in [0.15, 0.2) is 0 Å². The van der Waals surface area contributed by atoms with E-state index in [0.29, 0.717) is 0 Å². The molecule has 4 rings (SSSR count). The first kappa shape index (κ1) is 17.7. The Morgan fingerprint density at radius 3 is 2.68 bits per heavy atom. The van der Waals surface area contributed by atoms with Gasteiger partial charge in [0.2, 0.25) is 0 Å². The van der Waals surface area contributed by atoms with Crippen LogP contribution >= 0.6 is 0 Å². The normalized spacial score (nSPS) is 12.1. The van der Waals surface area contributed by atoms with Crippen molar-refractivity contribution in [3.8, 4) is 0 Å². The van der Waals surface area contributed by atoms with Crippen molar-refractivity contribution in [2.75, 3.05) is 5.32 Å². The Morgan fingerprint density at radius 2 is 1.89 bits per heavy atom. The molecule has 2 aromatic carbocycles. The molecule has 0 fully saturated rings. The van der Waals surface area contributed by atoms with Crippen LogP contribution in [0.1, 0.15) is 28.4 Å². The predicted molar refractivity (Wildman–Crippen MR) is 111 cm³/mol. The van der Waals surface area contributed by atoms with E-state index in [1.807, 2.05) is 50.2 Å². The Bertz CT molecular complexity index is 1170. The molecular formula is C22H20N4O2. The highest BCUT2D eigenvalue weighted by molar-refractivity contribution is 5.86. The number of anilines is 1. The highest BCUT2D eigenvalue weighted by atomic mass is 16.6. The number of hydrogen-bond acceptors (Lipinski definition) is 4. The molecule has 0 aliphatic heterocycles. The van der Waals surface area contributed by atoms with Gasteiger partial charge in [-0.05, 0) is 43.2 Å². The number of fused-ring (bicyclic) bond motifs is 1. The van der Waals surface area contributed by atoms with E-state index in [2.05, 4.69) is 21.4 Å². The first-order valence-electron chi connectivity index (χ1n) is 9.03. The van der Waals surface area contributed by atoms with Gasteiger partial charge >= 0.3 is 0 Å². The van der Waals surface area contributed by atoms with E-state index in [1.54, 1.807) is 18.3 Å². The molecule has 0 aliphatic rings. The van der Waals surface area contributed by atoms with Crippen LogP contribution in [-0.2, 0) is 0 Å². The Kier molecular flexibility index (Phi) is 4.53. The number of non-ortho nitro benzene ring substituents is 1. The van der Waals surface area contributed by atoms with Gasteiger partial charge in [-0.25, -0.2) is 4.98 Å². The lowest BCUT2D eigenvalue weighted by atomic mass is 9.95. The molecule has 0 amide bonds. The number of nitro groups is 1. The number of nitrogens with one attached hydrogen (secondary N) is 2. The summed E-state index contributed by atoms with van der Waals surface area (Å²) in [4.78, 5) is 18.8. The Hall–Kier alpha value is -3.67. The van der Waals surface area contributed by atoms with Crippen molar-refractivity contribution in [2.24, 2.45) is 0 Å². The predicted octanol–water partition coefficient (Wildman–Crippen LogP) is 5.29. The van der Waals surface area contributed by atoms with Crippen LogP contribution in [0, 0.1) is 24.0 Å². The van der Waals surface area contributed by atoms with Gasteiger partial charge in [-0.1, -0.05) is 30.3 Å². The van der Waals surface area contributed by atoms with Gasteiger partial charge in [-0.3, -0.25) is 10.1 Å². The molecule has 1 atom stereocenters. The maximum Gasteiger partial charge on any atom is 0.269 e. The van der Waals surface area contributed by atoms with E-state index in [1.165, 1.54) is 6.07 Å². The summed E-state index contributed by atoms with van der Waals surface area (Å²) >= 11 is 0. The third kappa shape index (κ3) is 3.32. The molecule has 2 heterocycles. The van der Waals surface area contributed by atoms with Gasteiger partial charge in [0, 0.05) is 40.5 Å². The van der Waals surface area contributed by atoms with Crippen molar-refractivity contribution in [1.29, 1.82) is 0 Å². The van der Waals surface area contributed by atoms with Crippen molar-refractivity contribution < 1.29 is 4.92 Å². The van der Waals surface area contributed by atoms with Crippen LogP contribution in [0.3, 0.4) is 0 Å². The van der Waals surface area contributed by atoms with Crippen LogP contribution in [0.5, 0.6) is 0 Å². The van der Waals surface area contributed by atoms with Crippen LogP contribution in [0.25, 0.3) is 10.9 Å². The van der Waals surface area contributed by atoms with E-state index >= 15 is 0 Å². The number of benzene rings is 2. The highest BCUT2D eigenvalue weighted by Gasteiger charge is 2.23. The van der Waals surface area contributed by atoms with Crippen molar-refractivity contribution >= 4 is 22.4 Å². The summed E-state index contributed by atoms with van der Waals surface area (Å²) in [6.45, 7) is 4.03. The van der Waals surface area contributed by atoms with E-state index in [4.69, 9.17) is 0 Å². The highest BCUT2D eigenvalue weighted by Crippen LogP contribution is 2.35. The fourth-order valence-electron chi connectivity index (χ4n) is 3.57. The number of para-hydroxylation sites is 1. The molecule has 140 valence electrons. The molecule has 0 aliphatic carbocycles. The number of nitro benzene ring substituents is 1. The zero-order valence-corrected chi connectivity index (χ0v) is 15.6. The first-order valence-corrected chi connectivity index (χ1v) is 9.03. The van der Waals surface area contributed by atoms with Crippen LogP contribution in [0.4, 0.5) is 11.5 Å². The number of nitrogens with zero attached hydrogens (tertiary/aromatic N) is 2. The zero-order chi connectivity index (χ0) is 19.7. The summed E-state index contributed by atoms with van der Waals surface area (Å²) in [6, 6.07) is 18.4. The fourth-order valence-corrected chi connectivity index (χ4v) is 3.57. The van der Waals surface area contributed by atoms with Gasteiger partial charge in [0.25, 0.3) is 5.69 Å². The SMILES string of the molecule is Cc1ccnc(N[C@H](c2cccc([N+](=O)[O-])c2)c2c(C)[nH]c3ccccc23)c1. The maximum absolute atomic E-state index is 11.3. The second-order valence-corrected chi connectivity index (χ2v) is 6.86. The minimum absolute atomic E-state index is 0.0685. The van der Waals surface area contributed by atoms with E-state index in [9.17, 15) is 10.1 Å². The van der Waals surface area contributed by atoms with Gasteiger partial charge in [-0.2, -0.15) is 0 Å². The Labute approximate surface area is 162 Å².